The Labute approximate surface area is 206 Å². The van der Waals surface area contributed by atoms with Crippen LogP contribution in [0.15, 0.2) is 122 Å². The Morgan fingerprint density at radius 1 is 0.611 bits per heavy atom. The third-order valence-electron chi connectivity index (χ3n) is 7.17. The Morgan fingerprint density at radius 2 is 1.36 bits per heavy atom. The van der Waals surface area contributed by atoms with Crippen LogP contribution in [0.4, 0.5) is 0 Å². The molecule has 168 valence electrons. The molecule has 8 rings (SSSR count). The van der Waals surface area contributed by atoms with Gasteiger partial charge < -0.3 is 8.97 Å². The van der Waals surface area contributed by atoms with Crippen LogP contribution in [0.25, 0.3) is 66.1 Å². The van der Waals surface area contributed by atoms with Crippen LogP contribution in [-0.2, 0) is 0 Å². The predicted molar refractivity (Wildman–Crippen MR) is 148 cm³/mol. The second-order valence-electron chi connectivity index (χ2n) is 9.16. The first-order valence-electron chi connectivity index (χ1n) is 12.1. The lowest BCUT2D eigenvalue weighted by Crippen LogP contribution is -1.95. The Hall–Kier alpha value is -4.96. The molecule has 36 heavy (non-hydrogen) atoms. The van der Waals surface area contributed by atoms with Gasteiger partial charge in [0.15, 0.2) is 0 Å². The average molecular weight is 461 g/mol. The molecule has 4 heteroatoms. The molecule has 0 fully saturated rings. The molecular formula is C32H20N4. The number of benzene rings is 4. The van der Waals surface area contributed by atoms with E-state index in [0.717, 1.165) is 33.5 Å². The molecule has 4 aromatic heterocycles. The average Bonchev–Trinajstić information content (AvgIpc) is 3.53. The third-order valence-corrected chi connectivity index (χ3v) is 7.17. The van der Waals surface area contributed by atoms with Gasteiger partial charge in [-0.05, 0) is 47.9 Å². The maximum atomic E-state index is 4.82. The molecular weight excluding hydrogens is 440 g/mol. The summed E-state index contributed by atoms with van der Waals surface area (Å²) in [7, 11) is 0. The Kier molecular flexibility index (Phi) is 3.91. The molecule has 0 bridgehead atoms. The lowest BCUT2D eigenvalue weighted by molar-refractivity contribution is 1.18. The van der Waals surface area contributed by atoms with E-state index in [-0.39, 0.29) is 0 Å². The highest BCUT2D eigenvalue weighted by Crippen LogP contribution is 2.41. The molecule has 8 aromatic rings. The van der Waals surface area contributed by atoms with E-state index >= 15 is 0 Å². The molecule has 0 unspecified atom stereocenters. The van der Waals surface area contributed by atoms with Crippen LogP contribution >= 0.6 is 0 Å². The van der Waals surface area contributed by atoms with Crippen LogP contribution in [0.3, 0.4) is 0 Å². The van der Waals surface area contributed by atoms with E-state index in [1.807, 2.05) is 36.7 Å². The van der Waals surface area contributed by atoms with Gasteiger partial charge in [0.05, 0.1) is 22.2 Å². The highest BCUT2D eigenvalue weighted by atomic mass is 15.0. The van der Waals surface area contributed by atoms with Crippen molar-refractivity contribution in [3.63, 3.8) is 0 Å². The number of fused-ring (bicyclic) bond motifs is 9. The van der Waals surface area contributed by atoms with Gasteiger partial charge in [0, 0.05) is 51.4 Å². The lowest BCUT2D eigenvalue weighted by atomic mass is 10.00. The molecule has 0 saturated heterocycles. The standard InChI is InChI=1S/C32H20N4/c1-2-9-24-23(8-1)30-25-10-3-4-12-28(25)36(32(30)26-11-7-18-33-31(24)26)22-16-14-21(15-17-22)27-20-35-19-6-5-13-29(35)34-27/h1-20H. The van der Waals surface area contributed by atoms with Crippen molar-refractivity contribution in [3.05, 3.63) is 122 Å². The molecule has 4 aromatic carbocycles. The van der Waals surface area contributed by atoms with Crippen molar-refractivity contribution in [1.29, 1.82) is 0 Å². The fourth-order valence-corrected chi connectivity index (χ4v) is 5.61. The van der Waals surface area contributed by atoms with Gasteiger partial charge in [-0.2, -0.15) is 0 Å². The van der Waals surface area contributed by atoms with E-state index in [1.54, 1.807) is 0 Å². The number of imidazole rings is 1. The topological polar surface area (TPSA) is 35.1 Å². The van der Waals surface area contributed by atoms with Crippen LogP contribution in [0, 0.1) is 0 Å². The smallest absolute Gasteiger partial charge is 0.137 e. The van der Waals surface area contributed by atoms with Gasteiger partial charge in [-0.15, -0.1) is 0 Å². The first kappa shape index (κ1) is 19.4. The number of nitrogens with zero attached hydrogens (tertiary/aromatic N) is 4. The van der Waals surface area contributed by atoms with E-state index in [2.05, 4.69) is 94.0 Å². The number of pyridine rings is 2. The first-order valence-corrected chi connectivity index (χ1v) is 12.1. The third kappa shape index (κ3) is 2.64. The van der Waals surface area contributed by atoms with E-state index in [0.29, 0.717) is 0 Å². The summed E-state index contributed by atoms with van der Waals surface area (Å²) in [6, 6.07) is 36.3. The zero-order chi connectivity index (χ0) is 23.6. The molecule has 0 aliphatic heterocycles. The summed E-state index contributed by atoms with van der Waals surface area (Å²) in [5.74, 6) is 0. The molecule has 4 heterocycles. The molecule has 0 atom stereocenters. The van der Waals surface area contributed by atoms with Crippen molar-refractivity contribution < 1.29 is 0 Å². The Morgan fingerprint density at radius 3 is 2.22 bits per heavy atom. The summed E-state index contributed by atoms with van der Waals surface area (Å²) in [6.07, 6.45) is 6.00. The highest BCUT2D eigenvalue weighted by molar-refractivity contribution is 6.31. The minimum atomic E-state index is 0.949. The minimum absolute atomic E-state index is 0.949. The number of rotatable bonds is 2. The second kappa shape index (κ2) is 7.27. The quantitative estimate of drug-likeness (QED) is 0.247. The Balaban J connectivity index is 1.44. The van der Waals surface area contributed by atoms with Crippen molar-refractivity contribution in [2.75, 3.05) is 0 Å². The number of para-hydroxylation sites is 1. The molecule has 0 amide bonds. The maximum absolute atomic E-state index is 4.82. The van der Waals surface area contributed by atoms with Gasteiger partial charge in [-0.1, -0.05) is 60.7 Å². The summed E-state index contributed by atoms with van der Waals surface area (Å²) in [5.41, 5.74) is 7.55. The largest absolute Gasteiger partial charge is 0.309 e. The van der Waals surface area contributed by atoms with E-state index in [1.165, 1.54) is 32.6 Å². The van der Waals surface area contributed by atoms with Gasteiger partial charge in [0.1, 0.15) is 5.65 Å². The van der Waals surface area contributed by atoms with Crippen molar-refractivity contribution in [1.82, 2.24) is 18.9 Å². The van der Waals surface area contributed by atoms with Gasteiger partial charge >= 0.3 is 0 Å². The van der Waals surface area contributed by atoms with Gasteiger partial charge in [0.25, 0.3) is 0 Å². The van der Waals surface area contributed by atoms with Crippen LogP contribution in [0.1, 0.15) is 0 Å². The van der Waals surface area contributed by atoms with Crippen LogP contribution in [-0.4, -0.2) is 18.9 Å². The summed E-state index contributed by atoms with van der Waals surface area (Å²) in [5, 5.41) is 6.09. The zero-order valence-corrected chi connectivity index (χ0v) is 19.3. The van der Waals surface area contributed by atoms with Crippen molar-refractivity contribution in [2.24, 2.45) is 0 Å². The predicted octanol–water partition coefficient (Wildman–Crippen LogP) is 7.80. The number of aromatic nitrogens is 4. The summed E-state index contributed by atoms with van der Waals surface area (Å²) >= 11 is 0. The maximum Gasteiger partial charge on any atom is 0.137 e. The van der Waals surface area contributed by atoms with Crippen molar-refractivity contribution in [2.45, 2.75) is 0 Å². The van der Waals surface area contributed by atoms with E-state index in [9.17, 15) is 0 Å². The second-order valence-corrected chi connectivity index (χ2v) is 9.16. The number of hydrogen-bond donors (Lipinski definition) is 0. The van der Waals surface area contributed by atoms with Crippen LogP contribution in [0.2, 0.25) is 0 Å². The van der Waals surface area contributed by atoms with Gasteiger partial charge in [0.2, 0.25) is 0 Å². The molecule has 0 aliphatic carbocycles. The lowest BCUT2D eigenvalue weighted by Gasteiger charge is -2.12. The normalized spacial score (nSPS) is 11.9. The monoisotopic (exact) mass is 460 g/mol. The fraction of sp³-hybridized carbons (Fsp3) is 0. The molecule has 4 nitrogen and oxygen atoms in total. The molecule has 0 N–H and O–H groups in total. The minimum Gasteiger partial charge on any atom is -0.309 e. The van der Waals surface area contributed by atoms with Crippen molar-refractivity contribution >= 4 is 49.1 Å². The molecule has 0 saturated carbocycles. The van der Waals surface area contributed by atoms with Gasteiger partial charge in [-0.25, -0.2) is 4.98 Å². The van der Waals surface area contributed by atoms with Crippen LogP contribution in [0.5, 0.6) is 0 Å². The highest BCUT2D eigenvalue weighted by Gasteiger charge is 2.19. The van der Waals surface area contributed by atoms with E-state index < -0.39 is 0 Å². The Bertz CT molecular complexity index is 2060. The SMILES string of the molecule is c1ccc2c(c1)c1ncccc1c1c2c2ccccc2n1-c1ccc(-c2cn3ccccc3n2)cc1. The van der Waals surface area contributed by atoms with Crippen molar-refractivity contribution in [3.8, 4) is 16.9 Å². The fourth-order valence-electron chi connectivity index (χ4n) is 5.61. The summed E-state index contributed by atoms with van der Waals surface area (Å²) in [4.78, 5) is 9.61. The van der Waals surface area contributed by atoms with Crippen LogP contribution < -0.4 is 0 Å². The molecule has 0 radical (unpaired) electrons. The molecule has 0 aliphatic rings. The van der Waals surface area contributed by atoms with Gasteiger partial charge in [-0.3, -0.25) is 4.98 Å². The van der Waals surface area contributed by atoms with E-state index in [4.69, 9.17) is 9.97 Å². The first-order chi connectivity index (χ1) is 17.9. The zero-order valence-electron chi connectivity index (χ0n) is 19.3. The molecule has 0 spiro atoms. The summed E-state index contributed by atoms with van der Waals surface area (Å²) < 4.78 is 4.44. The number of hydrogen-bond acceptors (Lipinski definition) is 2. The summed E-state index contributed by atoms with van der Waals surface area (Å²) in [6.45, 7) is 0.